The van der Waals surface area contributed by atoms with Crippen LogP contribution in [0.2, 0.25) is 0 Å². The fourth-order valence-corrected chi connectivity index (χ4v) is 3.25. The van der Waals surface area contributed by atoms with E-state index in [2.05, 4.69) is 5.32 Å². The molecule has 2 saturated carbocycles. The summed E-state index contributed by atoms with van der Waals surface area (Å²) >= 11 is 0. The minimum Gasteiger partial charge on any atom is -0.481 e. The van der Waals surface area contributed by atoms with Gasteiger partial charge in [0.25, 0.3) is 0 Å². The van der Waals surface area contributed by atoms with Crippen molar-refractivity contribution in [2.24, 2.45) is 5.92 Å². The number of amides is 1. The van der Waals surface area contributed by atoms with Crippen LogP contribution in [-0.4, -0.2) is 23.0 Å². The van der Waals surface area contributed by atoms with Gasteiger partial charge >= 0.3 is 5.97 Å². The molecule has 2 aliphatic rings. The molecule has 1 aromatic rings. The number of rotatable bonds is 4. The van der Waals surface area contributed by atoms with Crippen molar-refractivity contribution in [2.75, 3.05) is 0 Å². The van der Waals surface area contributed by atoms with Crippen molar-refractivity contribution in [3.63, 3.8) is 0 Å². The van der Waals surface area contributed by atoms with Crippen LogP contribution < -0.4 is 5.32 Å². The molecule has 2 atom stereocenters. The zero-order valence-corrected chi connectivity index (χ0v) is 11.6. The second-order valence-corrected chi connectivity index (χ2v) is 6.08. The lowest BCUT2D eigenvalue weighted by atomic mass is 9.94. The third-order valence-corrected chi connectivity index (χ3v) is 4.69. The minimum absolute atomic E-state index is 0.108. The standard InChI is InChI=1S/C16H18FNO3/c17-13-4-2-1-3-12(13)16(7-8-16)15(21)18-11-6-5-10(9-11)14(19)20/h1-4,10-11H,5-9H2,(H,18,21)(H,19,20)/t10-,11+/m0/s1. The van der Waals surface area contributed by atoms with Crippen LogP contribution >= 0.6 is 0 Å². The highest BCUT2D eigenvalue weighted by Gasteiger charge is 2.53. The van der Waals surface area contributed by atoms with Crippen molar-refractivity contribution in [2.45, 2.75) is 43.6 Å². The van der Waals surface area contributed by atoms with Gasteiger partial charge in [-0.3, -0.25) is 9.59 Å². The molecule has 0 spiro atoms. The van der Waals surface area contributed by atoms with Crippen molar-refractivity contribution in [3.05, 3.63) is 35.6 Å². The van der Waals surface area contributed by atoms with Crippen LogP contribution in [-0.2, 0) is 15.0 Å². The monoisotopic (exact) mass is 291 g/mol. The lowest BCUT2D eigenvalue weighted by Gasteiger charge is -2.20. The number of carbonyl (C=O) groups excluding carboxylic acids is 1. The highest BCUT2D eigenvalue weighted by atomic mass is 19.1. The molecule has 0 bridgehead atoms. The molecule has 2 aliphatic carbocycles. The number of carbonyl (C=O) groups is 2. The van der Waals surface area contributed by atoms with Gasteiger partial charge in [-0.2, -0.15) is 0 Å². The third kappa shape index (κ3) is 2.52. The van der Waals surface area contributed by atoms with E-state index >= 15 is 0 Å². The normalized spacial score (nSPS) is 26.3. The van der Waals surface area contributed by atoms with Gasteiger partial charge in [0.05, 0.1) is 11.3 Å². The maximum absolute atomic E-state index is 13.9. The van der Waals surface area contributed by atoms with Gasteiger partial charge in [-0.25, -0.2) is 4.39 Å². The molecule has 5 heteroatoms. The van der Waals surface area contributed by atoms with Crippen molar-refractivity contribution < 1.29 is 19.1 Å². The minimum atomic E-state index is -0.804. The Morgan fingerprint density at radius 1 is 1.24 bits per heavy atom. The van der Waals surface area contributed by atoms with Crippen molar-refractivity contribution >= 4 is 11.9 Å². The maximum atomic E-state index is 13.9. The number of hydrogen-bond acceptors (Lipinski definition) is 2. The molecule has 0 saturated heterocycles. The van der Waals surface area contributed by atoms with E-state index in [1.807, 2.05) is 0 Å². The zero-order valence-electron chi connectivity index (χ0n) is 11.6. The average molecular weight is 291 g/mol. The summed E-state index contributed by atoms with van der Waals surface area (Å²) in [7, 11) is 0. The first-order valence-corrected chi connectivity index (χ1v) is 7.32. The molecule has 0 radical (unpaired) electrons. The average Bonchev–Trinajstić information content (AvgIpc) is 3.12. The number of benzene rings is 1. The molecular weight excluding hydrogens is 273 g/mol. The molecule has 112 valence electrons. The number of nitrogens with one attached hydrogen (secondary N) is 1. The van der Waals surface area contributed by atoms with Crippen LogP contribution in [0.5, 0.6) is 0 Å². The Kier molecular flexibility index (Phi) is 3.43. The Bertz CT molecular complexity index is 583. The summed E-state index contributed by atoms with van der Waals surface area (Å²) in [6.07, 6.45) is 3.03. The first kappa shape index (κ1) is 14.0. The van der Waals surface area contributed by atoms with Gasteiger partial charge in [-0.05, 0) is 38.2 Å². The molecule has 0 aliphatic heterocycles. The van der Waals surface area contributed by atoms with Crippen molar-refractivity contribution in [3.8, 4) is 0 Å². The third-order valence-electron chi connectivity index (χ3n) is 4.69. The van der Waals surface area contributed by atoms with E-state index in [4.69, 9.17) is 5.11 Å². The van der Waals surface area contributed by atoms with Gasteiger partial charge in [-0.1, -0.05) is 18.2 Å². The molecule has 0 heterocycles. The second-order valence-electron chi connectivity index (χ2n) is 6.08. The van der Waals surface area contributed by atoms with E-state index < -0.39 is 11.4 Å². The summed E-state index contributed by atoms with van der Waals surface area (Å²) in [5.41, 5.74) is -0.289. The zero-order chi connectivity index (χ0) is 15.0. The van der Waals surface area contributed by atoms with Crippen LogP contribution in [0.3, 0.4) is 0 Å². The van der Waals surface area contributed by atoms with Crippen molar-refractivity contribution in [1.29, 1.82) is 0 Å². The van der Waals surface area contributed by atoms with E-state index in [0.29, 0.717) is 37.7 Å². The van der Waals surface area contributed by atoms with E-state index in [9.17, 15) is 14.0 Å². The van der Waals surface area contributed by atoms with E-state index in [1.54, 1.807) is 18.2 Å². The topological polar surface area (TPSA) is 66.4 Å². The molecular formula is C16H18FNO3. The van der Waals surface area contributed by atoms with Crippen LogP contribution in [0, 0.1) is 11.7 Å². The Hall–Kier alpha value is -1.91. The summed E-state index contributed by atoms with van der Waals surface area (Å²) in [6, 6.07) is 6.28. The van der Waals surface area contributed by atoms with Gasteiger partial charge in [0, 0.05) is 11.6 Å². The Morgan fingerprint density at radius 3 is 2.52 bits per heavy atom. The number of carboxylic acid groups (broad SMARTS) is 1. The second kappa shape index (κ2) is 5.13. The van der Waals surface area contributed by atoms with Crippen LogP contribution in [0.1, 0.15) is 37.7 Å². The highest BCUT2D eigenvalue weighted by Crippen LogP contribution is 2.49. The van der Waals surface area contributed by atoms with E-state index in [1.165, 1.54) is 6.07 Å². The Balaban J connectivity index is 1.69. The predicted octanol–water partition coefficient (Wildman–Crippen LogP) is 2.23. The molecule has 1 aromatic carbocycles. The number of hydrogen-bond donors (Lipinski definition) is 2. The van der Waals surface area contributed by atoms with E-state index in [0.717, 1.165) is 0 Å². The maximum Gasteiger partial charge on any atom is 0.306 e. The Morgan fingerprint density at radius 2 is 1.95 bits per heavy atom. The SMILES string of the molecule is O=C(O)[C@H]1CC[C@@H](NC(=O)C2(c3ccccc3F)CC2)C1. The lowest BCUT2D eigenvalue weighted by molar-refractivity contribution is -0.141. The molecule has 2 N–H and O–H groups in total. The summed E-state index contributed by atoms with van der Waals surface area (Å²) in [5.74, 6) is -1.69. The number of aliphatic carboxylic acids is 1. The summed E-state index contributed by atoms with van der Waals surface area (Å²) in [5, 5.41) is 11.9. The number of halogens is 1. The van der Waals surface area contributed by atoms with Gasteiger partial charge in [0.1, 0.15) is 5.82 Å². The Labute approximate surface area is 122 Å². The van der Waals surface area contributed by atoms with Gasteiger partial charge in [-0.15, -0.1) is 0 Å². The molecule has 0 aromatic heterocycles. The molecule has 3 rings (SSSR count). The smallest absolute Gasteiger partial charge is 0.306 e. The van der Waals surface area contributed by atoms with E-state index in [-0.39, 0.29) is 23.7 Å². The summed E-state index contributed by atoms with van der Waals surface area (Å²) in [4.78, 5) is 23.4. The fraction of sp³-hybridized carbons (Fsp3) is 0.500. The quantitative estimate of drug-likeness (QED) is 0.894. The number of carboxylic acids is 1. The first-order valence-electron chi connectivity index (χ1n) is 7.32. The van der Waals surface area contributed by atoms with Crippen LogP contribution in [0.25, 0.3) is 0 Å². The largest absolute Gasteiger partial charge is 0.481 e. The van der Waals surface area contributed by atoms with Gasteiger partial charge in [0.2, 0.25) is 5.91 Å². The molecule has 4 nitrogen and oxygen atoms in total. The van der Waals surface area contributed by atoms with Gasteiger partial charge < -0.3 is 10.4 Å². The van der Waals surface area contributed by atoms with Crippen molar-refractivity contribution in [1.82, 2.24) is 5.32 Å². The predicted molar refractivity (Wildman–Crippen MR) is 74.2 cm³/mol. The molecule has 0 unspecified atom stereocenters. The first-order chi connectivity index (χ1) is 10.0. The summed E-state index contributed by atoms with van der Waals surface area (Å²) < 4.78 is 13.9. The molecule has 21 heavy (non-hydrogen) atoms. The van der Waals surface area contributed by atoms with Gasteiger partial charge in [0.15, 0.2) is 0 Å². The summed E-state index contributed by atoms with van der Waals surface area (Å²) in [6.45, 7) is 0. The highest BCUT2D eigenvalue weighted by molar-refractivity contribution is 5.91. The fourth-order valence-electron chi connectivity index (χ4n) is 3.25. The molecule has 2 fully saturated rings. The van der Waals surface area contributed by atoms with Crippen LogP contribution in [0.4, 0.5) is 4.39 Å². The lowest BCUT2D eigenvalue weighted by Crippen LogP contribution is -2.41. The van der Waals surface area contributed by atoms with Crippen LogP contribution in [0.15, 0.2) is 24.3 Å². The molecule has 1 amide bonds.